The van der Waals surface area contributed by atoms with Gasteiger partial charge in [-0.15, -0.1) is 0 Å². The van der Waals surface area contributed by atoms with E-state index in [1.165, 1.54) is 60.4 Å². The summed E-state index contributed by atoms with van der Waals surface area (Å²) in [5.41, 5.74) is 13.1. The quantitative estimate of drug-likeness (QED) is 0.216. The second-order valence-electron chi connectivity index (χ2n) is 11.3. The summed E-state index contributed by atoms with van der Waals surface area (Å²) in [5, 5.41) is 7.38. The van der Waals surface area contributed by atoms with Crippen molar-refractivity contribution in [3.63, 3.8) is 0 Å². The molecule has 7 aromatic carbocycles. The highest BCUT2D eigenvalue weighted by Crippen LogP contribution is 2.49. The summed E-state index contributed by atoms with van der Waals surface area (Å²) in [5.74, 6) is 0. The fraction of sp³-hybridized carbons (Fsp3) is 0. The molecule has 194 valence electrons. The van der Waals surface area contributed by atoms with E-state index in [1.54, 1.807) is 0 Å². The molecule has 0 radical (unpaired) electrons. The second-order valence-corrected chi connectivity index (χ2v) is 11.3. The lowest BCUT2D eigenvalue weighted by atomic mass is 9.94. The van der Waals surface area contributed by atoms with E-state index in [9.17, 15) is 0 Å². The largest absolute Gasteiger partial charge is 0.454 e. The maximum Gasteiger partial charge on any atom is 0.160 e. The topological polar surface area (TPSA) is 18.1 Å². The molecule has 0 amide bonds. The molecule has 0 aliphatic heterocycles. The summed E-state index contributed by atoms with van der Waals surface area (Å²) in [6.45, 7) is 0. The first-order valence-electron chi connectivity index (χ1n) is 14.4. The summed E-state index contributed by atoms with van der Waals surface area (Å²) in [6, 6.07) is 50.5. The first-order chi connectivity index (χ1) is 20.8. The standard InChI is InChI=1S/C40H23NO/c1-2-9-28-27(8-1)32-13-7-12-31-26(20-21-33(28)38(31)32)24-16-18-25(19-17-24)41-36-14-5-3-10-29(36)34-22-23-35-30-11-4-6-15-37(30)42-40(35)39(34)41/h1-23H. The Morgan fingerprint density at radius 3 is 1.90 bits per heavy atom. The van der Waals surface area contributed by atoms with Crippen LogP contribution in [0.15, 0.2) is 144 Å². The van der Waals surface area contributed by atoms with Crippen LogP contribution >= 0.6 is 0 Å². The van der Waals surface area contributed by atoms with Crippen LogP contribution in [0.25, 0.3) is 93.6 Å². The SMILES string of the molecule is c1ccc2c(c1)-c1cccc3c(-c4ccc(-n5c6ccccc6c6ccc7c8ccccc8oc7c65)cc4)ccc-2c13. The molecule has 9 aromatic rings. The Kier molecular flexibility index (Phi) is 4.21. The van der Waals surface area contributed by atoms with Crippen LogP contribution in [0.1, 0.15) is 0 Å². The second kappa shape index (κ2) is 7.99. The number of furan rings is 1. The number of nitrogens with zero attached hydrogens (tertiary/aromatic N) is 1. The van der Waals surface area contributed by atoms with Crippen molar-refractivity contribution < 1.29 is 4.42 Å². The normalized spacial score (nSPS) is 12.3. The third kappa shape index (κ3) is 2.78. The van der Waals surface area contributed by atoms with Crippen LogP contribution in [0, 0.1) is 0 Å². The summed E-state index contributed by atoms with van der Waals surface area (Å²) in [6.07, 6.45) is 0. The third-order valence-electron chi connectivity index (χ3n) is 9.16. The van der Waals surface area contributed by atoms with Crippen LogP contribution in [0.4, 0.5) is 0 Å². The highest BCUT2D eigenvalue weighted by molar-refractivity contribution is 6.22. The lowest BCUT2D eigenvalue weighted by molar-refractivity contribution is 0.671. The molecule has 0 saturated heterocycles. The first kappa shape index (κ1) is 22.1. The molecule has 2 nitrogen and oxygen atoms in total. The van der Waals surface area contributed by atoms with Gasteiger partial charge >= 0.3 is 0 Å². The molecule has 0 bridgehead atoms. The van der Waals surface area contributed by atoms with Crippen LogP contribution in [-0.2, 0) is 0 Å². The van der Waals surface area contributed by atoms with E-state index in [4.69, 9.17) is 4.42 Å². The minimum absolute atomic E-state index is 0.918. The van der Waals surface area contributed by atoms with E-state index in [1.807, 2.05) is 6.07 Å². The fourth-order valence-corrected chi connectivity index (χ4v) is 7.35. The minimum Gasteiger partial charge on any atom is -0.454 e. The smallest absolute Gasteiger partial charge is 0.160 e. The van der Waals surface area contributed by atoms with E-state index in [0.29, 0.717) is 0 Å². The lowest BCUT2D eigenvalue weighted by Crippen LogP contribution is -1.94. The Morgan fingerprint density at radius 1 is 0.405 bits per heavy atom. The van der Waals surface area contributed by atoms with Crippen LogP contribution in [0.3, 0.4) is 0 Å². The molecule has 0 N–H and O–H groups in total. The van der Waals surface area contributed by atoms with Crippen LogP contribution < -0.4 is 0 Å². The van der Waals surface area contributed by atoms with Crippen LogP contribution in [-0.4, -0.2) is 4.57 Å². The van der Waals surface area contributed by atoms with Gasteiger partial charge in [0.1, 0.15) is 5.58 Å². The zero-order valence-electron chi connectivity index (χ0n) is 22.6. The van der Waals surface area contributed by atoms with Gasteiger partial charge in [0.25, 0.3) is 0 Å². The van der Waals surface area contributed by atoms with Crippen LogP contribution in [0.2, 0.25) is 0 Å². The van der Waals surface area contributed by atoms with Crippen molar-refractivity contribution in [3.8, 4) is 39.1 Å². The molecule has 2 aromatic heterocycles. The Morgan fingerprint density at radius 2 is 1.05 bits per heavy atom. The first-order valence-corrected chi connectivity index (χ1v) is 14.4. The predicted octanol–water partition coefficient (Wildman–Crippen LogP) is 11.2. The minimum atomic E-state index is 0.918. The third-order valence-corrected chi connectivity index (χ3v) is 9.16. The van der Waals surface area contributed by atoms with Gasteiger partial charge in [-0.05, 0) is 74.5 Å². The van der Waals surface area contributed by atoms with Crippen molar-refractivity contribution in [2.24, 2.45) is 0 Å². The number of hydrogen-bond donors (Lipinski definition) is 0. The Hall–Kier alpha value is -5.60. The molecular formula is C40H23NO. The van der Waals surface area contributed by atoms with E-state index in [-0.39, 0.29) is 0 Å². The molecule has 0 spiro atoms. The molecular weight excluding hydrogens is 510 g/mol. The fourth-order valence-electron chi connectivity index (χ4n) is 7.35. The van der Waals surface area contributed by atoms with Gasteiger partial charge in [-0.25, -0.2) is 0 Å². The van der Waals surface area contributed by atoms with Crippen molar-refractivity contribution in [2.45, 2.75) is 0 Å². The molecule has 10 rings (SSSR count). The highest BCUT2D eigenvalue weighted by Gasteiger charge is 2.23. The Bertz CT molecular complexity index is 2530. The molecule has 0 atom stereocenters. The molecule has 0 saturated carbocycles. The lowest BCUT2D eigenvalue weighted by Gasteiger charge is -2.12. The number of rotatable bonds is 2. The van der Waals surface area contributed by atoms with Gasteiger partial charge < -0.3 is 8.98 Å². The number of hydrogen-bond acceptors (Lipinski definition) is 1. The number of fused-ring (bicyclic) bond motifs is 10. The Balaban J connectivity index is 1.20. The van der Waals surface area contributed by atoms with E-state index >= 15 is 0 Å². The van der Waals surface area contributed by atoms with Crippen molar-refractivity contribution in [1.29, 1.82) is 0 Å². The number of aromatic nitrogens is 1. The average Bonchev–Trinajstić information content (AvgIpc) is 3.71. The monoisotopic (exact) mass is 533 g/mol. The van der Waals surface area contributed by atoms with Gasteiger partial charge in [0, 0.05) is 27.2 Å². The molecule has 1 aliphatic rings. The predicted molar refractivity (Wildman–Crippen MR) is 175 cm³/mol. The van der Waals surface area contributed by atoms with Crippen molar-refractivity contribution in [2.75, 3.05) is 0 Å². The highest BCUT2D eigenvalue weighted by atomic mass is 16.3. The average molecular weight is 534 g/mol. The summed E-state index contributed by atoms with van der Waals surface area (Å²) >= 11 is 0. The van der Waals surface area contributed by atoms with Gasteiger partial charge in [-0.3, -0.25) is 0 Å². The van der Waals surface area contributed by atoms with Gasteiger partial charge in [0.05, 0.1) is 11.0 Å². The zero-order valence-corrected chi connectivity index (χ0v) is 22.6. The molecule has 1 aliphatic carbocycles. The van der Waals surface area contributed by atoms with Crippen molar-refractivity contribution >= 4 is 54.5 Å². The van der Waals surface area contributed by atoms with E-state index in [0.717, 1.165) is 33.1 Å². The molecule has 0 unspecified atom stereocenters. The van der Waals surface area contributed by atoms with E-state index in [2.05, 4.69) is 138 Å². The molecule has 42 heavy (non-hydrogen) atoms. The van der Waals surface area contributed by atoms with Gasteiger partial charge in [0.2, 0.25) is 0 Å². The van der Waals surface area contributed by atoms with Gasteiger partial charge in [-0.1, -0.05) is 109 Å². The number of para-hydroxylation sites is 2. The maximum absolute atomic E-state index is 6.53. The van der Waals surface area contributed by atoms with Gasteiger partial charge in [0.15, 0.2) is 5.58 Å². The summed E-state index contributed by atoms with van der Waals surface area (Å²) in [7, 11) is 0. The maximum atomic E-state index is 6.53. The molecule has 2 heteroatoms. The van der Waals surface area contributed by atoms with Gasteiger partial charge in [-0.2, -0.15) is 0 Å². The van der Waals surface area contributed by atoms with E-state index < -0.39 is 0 Å². The molecule has 0 fully saturated rings. The van der Waals surface area contributed by atoms with Crippen molar-refractivity contribution in [3.05, 3.63) is 140 Å². The zero-order chi connectivity index (χ0) is 27.4. The van der Waals surface area contributed by atoms with Crippen LogP contribution in [0.5, 0.6) is 0 Å². The summed E-state index contributed by atoms with van der Waals surface area (Å²) < 4.78 is 8.90. The Labute approximate surface area is 241 Å². The summed E-state index contributed by atoms with van der Waals surface area (Å²) in [4.78, 5) is 0. The number of benzene rings is 7. The molecule has 2 heterocycles. The van der Waals surface area contributed by atoms with Crippen molar-refractivity contribution in [1.82, 2.24) is 4.57 Å².